The minimum absolute atomic E-state index is 0.00153. The number of allylic oxidation sites excluding steroid dienone is 3. The summed E-state index contributed by atoms with van der Waals surface area (Å²) in [7, 11) is 1.26. The summed E-state index contributed by atoms with van der Waals surface area (Å²) in [5.41, 5.74) is 0. The first kappa shape index (κ1) is 61.0. The summed E-state index contributed by atoms with van der Waals surface area (Å²) in [5.74, 6) is -0.207. The first-order valence-corrected chi connectivity index (χ1v) is 28.2. The molecule has 0 heterocycles. The van der Waals surface area contributed by atoms with Crippen LogP contribution in [0.1, 0.15) is 258 Å². The number of quaternary nitrogens is 1. The zero-order chi connectivity index (χ0) is 45.7. The van der Waals surface area contributed by atoms with Crippen LogP contribution >= 0.6 is 7.82 Å². The van der Waals surface area contributed by atoms with Gasteiger partial charge in [0, 0.05) is 6.42 Å². The molecule has 0 fully saturated rings. The van der Waals surface area contributed by atoms with Crippen LogP contribution in [0.4, 0.5) is 0 Å². The predicted molar refractivity (Wildman–Crippen MR) is 265 cm³/mol. The lowest BCUT2D eigenvalue weighted by Gasteiger charge is -2.29. The molecule has 0 aliphatic carbocycles. The van der Waals surface area contributed by atoms with E-state index in [-0.39, 0.29) is 19.1 Å². The number of phosphoric ester groups is 1. The normalized spacial score (nSPS) is 14.2. The maximum atomic E-state index is 12.8. The Hall–Kier alpha value is -1.02. The number of likely N-dealkylation sites (N-methyl/N-ethyl adjacent to an activating group) is 1. The highest BCUT2D eigenvalue weighted by atomic mass is 31.2. The quantitative estimate of drug-likeness (QED) is 0.0273. The molecule has 0 saturated heterocycles. The average Bonchev–Trinajstić information content (AvgIpc) is 3.23. The number of hydrogen-bond acceptors (Lipinski definition) is 6. The molecule has 1 amide bonds. The fraction of sp³-hybridized carbons (Fsp3) is 0.906. The molecule has 0 aromatic rings. The molecule has 0 aliphatic heterocycles. The standard InChI is InChI=1S/C53H105N2O6P/c1-6-8-10-12-14-16-18-19-20-21-22-23-24-25-26-27-28-29-30-31-32-33-34-35-36-37-38-40-42-44-46-52(56)51(50-61-62(58,59)60-49-48-55(3,4)5)54-53(57)47-45-43-41-39-17-15-13-11-9-7-2/h11,13,44,46,51-52,56H,6-10,12,14-43,45,47-50H2,1-5H3,(H-,54,57,58,59)/b13-11-,46-44+. The van der Waals surface area contributed by atoms with Crippen LogP contribution in [-0.2, 0) is 18.4 Å². The zero-order valence-corrected chi connectivity index (χ0v) is 42.7. The van der Waals surface area contributed by atoms with Gasteiger partial charge in [0.05, 0.1) is 39.9 Å². The number of carbonyl (C=O) groups is 1. The molecule has 62 heavy (non-hydrogen) atoms. The van der Waals surface area contributed by atoms with Gasteiger partial charge in [0.15, 0.2) is 0 Å². The van der Waals surface area contributed by atoms with Gasteiger partial charge in [0.25, 0.3) is 7.82 Å². The molecular formula is C53H105N2O6P. The molecule has 0 rings (SSSR count). The highest BCUT2D eigenvalue weighted by molar-refractivity contribution is 7.45. The number of nitrogens with one attached hydrogen (secondary N) is 1. The lowest BCUT2D eigenvalue weighted by molar-refractivity contribution is -0.870. The van der Waals surface area contributed by atoms with Crippen molar-refractivity contribution in [1.82, 2.24) is 5.32 Å². The SMILES string of the molecule is CCC/C=C\CCCCCCCC(=O)NC(COP(=O)([O-])OCC[N+](C)(C)C)C(O)/C=C/CCCCCCCCCCCCCCCCCCCCCCCCCCCCCC. The topological polar surface area (TPSA) is 108 Å². The largest absolute Gasteiger partial charge is 0.756 e. The molecule has 368 valence electrons. The van der Waals surface area contributed by atoms with E-state index in [1.807, 2.05) is 27.2 Å². The van der Waals surface area contributed by atoms with Crippen LogP contribution in [0.15, 0.2) is 24.3 Å². The molecule has 0 bridgehead atoms. The second-order valence-electron chi connectivity index (χ2n) is 19.6. The summed E-state index contributed by atoms with van der Waals surface area (Å²) in [6, 6.07) is -0.887. The van der Waals surface area contributed by atoms with E-state index >= 15 is 0 Å². The lowest BCUT2D eigenvalue weighted by Crippen LogP contribution is -2.45. The number of hydrogen-bond donors (Lipinski definition) is 2. The molecule has 0 aromatic carbocycles. The molecule has 9 heteroatoms. The third-order valence-corrected chi connectivity index (χ3v) is 13.1. The number of rotatable bonds is 49. The van der Waals surface area contributed by atoms with E-state index in [0.717, 1.165) is 64.2 Å². The summed E-state index contributed by atoms with van der Waals surface area (Å²) in [6.45, 7) is 4.59. The van der Waals surface area contributed by atoms with Crippen molar-refractivity contribution in [3.05, 3.63) is 24.3 Å². The van der Waals surface area contributed by atoms with E-state index in [0.29, 0.717) is 17.4 Å². The van der Waals surface area contributed by atoms with Crippen LogP contribution in [0, 0.1) is 0 Å². The van der Waals surface area contributed by atoms with E-state index in [4.69, 9.17) is 9.05 Å². The van der Waals surface area contributed by atoms with E-state index in [2.05, 4.69) is 31.3 Å². The Morgan fingerprint density at radius 3 is 1.32 bits per heavy atom. The molecule has 3 unspecified atom stereocenters. The van der Waals surface area contributed by atoms with Crippen molar-refractivity contribution in [3.8, 4) is 0 Å². The molecule has 0 aliphatic rings. The number of amides is 1. The number of nitrogens with zero attached hydrogens (tertiary/aromatic N) is 1. The summed E-state index contributed by atoms with van der Waals surface area (Å²) in [5, 5.41) is 13.8. The summed E-state index contributed by atoms with van der Waals surface area (Å²) >= 11 is 0. The summed E-state index contributed by atoms with van der Waals surface area (Å²) in [6.07, 6.45) is 55.6. The molecule has 8 nitrogen and oxygen atoms in total. The van der Waals surface area contributed by atoms with Gasteiger partial charge in [-0.25, -0.2) is 0 Å². The first-order valence-electron chi connectivity index (χ1n) is 26.7. The fourth-order valence-corrected chi connectivity index (χ4v) is 8.64. The van der Waals surface area contributed by atoms with Gasteiger partial charge in [-0.05, 0) is 38.5 Å². The van der Waals surface area contributed by atoms with Crippen molar-refractivity contribution in [3.63, 3.8) is 0 Å². The minimum atomic E-state index is -4.59. The monoisotopic (exact) mass is 897 g/mol. The van der Waals surface area contributed by atoms with E-state index < -0.39 is 20.0 Å². The minimum Gasteiger partial charge on any atom is -0.756 e. The maximum absolute atomic E-state index is 12.8. The third kappa shape index (κ3) is 47.0. The van der Waals surface area contributed by atoms with Gasteiger partial charge in [-0.15, -0.1) is 0 Å². The number of aliphatic hydroxyl groups is 1. The van der Waals surface area contributed by atoms with Crippen molar-refractivity contribution in [2.75, 3.05) is 40.9 Å². The van der Waals surface area contributed by atoms with E-state index in [1.165, 1.54) is 173 Å². The van der Waals surface area contributed by atoms with Gasteiger partial charge in [-0.1, -0.05) is 237 Å². The molecule has 2 N–H and O–H groups in total. The average molecular weight is 897 g/mol. The Balaban J connectivity index is 4.04. The van der Waals surface area contributed by atoms with E-state index in [1.54, 1.807) is 6.08 Å². The third-order valence-electron chi connectivity index (χ3n) is 12.1. The second-order valence-corrected chi connectivity index (χ2v) is 21.0. The van der Waals surface area contributed by atoms with Gasteiger partial charge in [0.2, 0.25) is 5.91 Å². The van der Waals surface area contributed by atoms with Crippen LogP contribution in [-0.4, -0.2) is 68.5 Å². The molecule has 3 atom stereocenters. The molecule has 0 radical (unpaired) electrons. The maximum Gasteiger partial charge on any atom is 0.268 e. The number of unbranched alkanes of at least 4 members (excludes halogenated alkanes) is 34. The Kier molecular flexibility index (Phi) is 44.4. The van der Waals surface area contributed by atoms with E-state index in [9.17, 15) is 19.4 Å². The van der Waals surface area contributed by atoms with Crippen molar-refractivity contribution < 1.29 is 32.9 Å². The van der Waals surface area contributed by atoms with Gasteiger partial charge in [0.1, 0.15) is 13.2 Å². The predicted octanol–water partition coefficient (Wildman–Crippen LogP) is 15.0. The Labute approximate surface area is 385 Å². The summed E-state index contributed by atoms with van der Waals surface area (Å²) in [4.78, 5) is 25.3. The lowest BCUT2D eigenvalue weighted by atomic mass is 10.0. The molecule has 0 saturated carbocycles. The molecule has 0 spiro atoms. The zero-order valence-electron chi connectivity index (χ0n) is 41.8. The van der Waals surface area contributed by atoms with Crippen molar-refractivity contribution >= 4 is 13.7 Å². The second kappa shape index (κ2) is 45.1. The van der Waals surface area contributed by atoms with Crippen LogP contribution in [0.5, 0.6) is 0 Å². The van der Waals surface area contributed by atoms with Gasteiger partial charge >= 0.3 is 0 Å². The van der Waals surface area contributed by atoms with Crippen LogP contribution in [0.2, 0.25) is 0 Å². The van der Waals surface area contributed by atoms with Crippen molar-refractivity contribution in [1.29, 1.82) is 0 Å². The van der Waals surface area contributed by atoms with Gasteiger partial charge in [-0.3, -0.25) is 9.36 Å². The number of aliphatic hydroxyl groups excluding tert-OH is 1. The molecular weight excluding hydrogens is 792 g/mol. The Morgan fingerprint density at radius 2 is 0.919 bits per heavy atom. The van der Waals surface area contributed by atoms with Crippen molar-refractivity contribution in [2.24, 2.45) is 0 Å². The van der Waals surface area contributed by atoms with Crippen LogP contribution < -0.4 is 10.2 Å². The van der Waals surface area contributed by atoms with Gasteiger partial charge < -0.3 is 28.8 Å². The van der Waals surface area contributed by atoms with Crippen LogP contribution in [0.3, 0.4) is 0 Å². The van der Waals surface area contributed by atoms with Gasteiger partial charge in [-0.2, -0.15) is 0 Å². The highest BCUT2D eigenvalue weighted by Crippen LogP contribution is 2.38. The smallest absolute Gasteiger partial charge is 0.268 e. The first-order chi connectivity index (χ1) is 30.0. The van der Waals surface area contributed by atoms with Crippen LogP contribution in [0.25, 0.3) is 0 Å². The Morgan fingerprint density at radius 1 is 0.548 bits per heavy atom. The fourth-order valence-electron chi connectivity index (χ4n) is 7.92. The van der Waals surface area contributed by atoms with Crippen molar-refractivity contribution in [2.45, 2.75) is 270 Å². The highest BCUT2D eigenvalue weighted by Gasteiger charge is 2.23. The Bertz CT molecular complexity index is 1060. The number of phosphoric acid groups is 1. The number of carbonyl (C=O) groups excluding carboxylic acids is 1. The molecule has 0 aromatic heterocycles. The summed E-state index contributed by atoms with van der Waals surface area (Å²) < 4.78 is 23.2.